The maximum absolute atomic E-state index is 12.8. The number of nitrogens with one attached hydrogen (secondary N) is 1. The first-order valence-corrected chi connectivity index (χ1v) is 7.11. The van der Waals surface area contributed by atoms with Crippen LogP contribution in [0.25, 0.3) is 0 Å². The standard InChI is InChI=1S/C14H15F3N2S/c1-10(13-19-6-7-20-13)8-18-9-11-4-2-3-5-12(11)14(15,16)17/h2-7,10,18H,8-9H2,1H3. The van der Waals surface area contributed by atoms with Crippen molar-refractivity contribution in [3.05, 3.63) is 52.0 Å². The predicted molar refractivity (Wildman–Crippen MR) is 73.7 cm³/mol. The summed E-state index contributed by atoms with van der Waals surface area (Å²) in [4.78, 5) is 4.20. The minimum absolute atomic E-state index is 0.188. The number of thiazole rings is 1. The van der Waals surface area contributed by atoms with Crippen molar-refractivity contribution in [1.29, 1.82) is 0 Å². The third-order valence-electron chi connectivity index (χ3n) is 2.96. The van der Waals surface area contributed by atoms with E-state index in [4.69, 9.17) is 0 Å². The first-order valence-electron chi connectivity index (χ1n) is 6.23. The quantitative estimate of drug-likeness (QED) is 0.901. The van der Waals surface area contributed by atoms with Crippen molar-refractivity contribution in [2.75, 3.05) is 6.54 Å². The summed E-state index contributed by atoms with van der Waals surface area (Å²) in [5, 5.41) is 5.95. The fourth-order valence-electron chi connectivity index (χ4n) is 1.94. The second-order valence-corrected chi connectivity index (χ2v) is 5.48. The van der Waals surface area contributed by atoms with E-state index < -0.39 is 11.7 Å². The van der Waals surface area contributed by atoms with Crippen LogP contribution in [0.15, 0.2) is 35.8 Å². The van der Waals surface area contributed by atoms with Gasteiger partial charge in [0.2, 0.25) is 0 Å². The first-order chi connectivity index (χ1) is 9.48. The van der Waals surface area contributed by atoms with Gasteiger partial charge in [0.05, 0.1) is 10.6 Å². The van der Waals surface area contributed by atoms with Gasteiger partial charge in [0.1, 0.15) is 0 Å². The second kappa shape index (κ2) is 6.37. The van der Waals surface area contributed by atoms with Gasteiger partial charge in [0.25, 0.3) is 0 Å². The molecule has 0 aliphatic carbocycles. The van der Waals surface area contributed by atoms with E-state index in [-0.39, 0.29) is 18.0 Å². The molecule has 0 saturated heterocycles. The molecule has 1 aromatic heterocycles. The van der Waals surface area contributed by atoms with E-state index in [2.05, 4.69) is 10.3 Å². The molecule has 1 atom stereocenters. The average Bonchev–Trinajstić information content (AvgIpc) is 2.92. The van der Waals surface area contributed by atoms with Crippen molar-refractivity contribution in [2.45, 2.75) is 25.6 Å². The molecule has 1 heterocycles. The third kappa shape index (κ3) is 3.80. The molecule has 2 aromatic rings. The van der Waals surface area contributed by atoms with Gasteiger partial charge < -0.3 is 5.32 Å². The molecule has 0 radical (unpaired) electrons. The number of benzene rings is 1. The summed E-state index contributed by atoms with van der Waals surface area (Å²) < 4.78 is 38.5. The number of halogens is 3. The highest BCUT2D eigenvalue weighted by Crippen LogP contribution is 2.31. The summed E-state index contributed by atoms with van der Waals surface area (Å²) >= 11 is 1.55. The van der Waals surface area contributed by atoms with Crippen LogP contribution in [0.5, 0.6) is 0 Å². The summed E-state index contributed by atoms with van der Waals surface area (Å²) in [7, 11) is 0. The van der Waals surface area contributed by atoms with E-state index in [1.807, 2.05) is 12.3 Å². The molecule has 108 valence electrons. The van der Waals surface area contributed by atoms with Crippen LogP contribution in [0.2, 0.25) is 0 Å². The number of aromatic nitrogens is 1. The van der Waals surface area contributed by atoms with Crippen LogP contribution in [-0.2, 0) is 12.7 Å². The Bertz CT molecular complexity index is 538. The van der Waals surface area contributed by atoms with E-state index in [1.54, 1.807) is 23.6 Å². The van der Waals surface area contributed by atoms with Crippen LogP contribution in [0.3, 0.4) is 0 Å². The van der Waals surface area contributed by atoms with Gasteiger partial charge in [-0.3, -0.25) is 0 Å². The molecule has 0 aliphatic rings. The molecule has 1 aromatic carbocycles. The van der Waals surface area contributed by atoms with Crippen LogP contribution in [-0.4, -0.2) is 11.5 Å². The predicted octanol–water partition coefficient (Wildman–Crippen LogP) is 4.06. The van der Waals surface area contributed by atoms with E-state index in [0.717, 1.165) is 11.1 Å². The molecule has 1 unspecified atom stereocenters. The van der Waals surface area contributed by atoms with Gasteiger partial charge in [0, 0.05) is 30.6 Å². The van der Waals surface area contributed by atoms with Crippen molar-refractivity contribution in [3.8, 4) is 0 Å². The molecular weight excluding hydrogens is 285 g/mol. The van der Waals surface area contributed by atoms with Gasteiger partial charge in [-0.15, -0.1) is 11.3 Å². The zero-order chi connectivity index (χ0) is 14.6. The van der Waals surface area contributed by atoms with Crippen molar-refractivity contribution < 1.29 is 13.2 Å². The minimum atomic E-state index is -4.31. The number of hydrogen-bond donors (Lipinski definition) is 1. The fourth-order valence-corrected chi connectivity index (χ4v) is 2.64. The Kier molecular flexibility index (Phi) is 4.77. The lowest BCUT2D eigenvalue weighted by Crippen LogP contribution is -2.21. The summed E-state index contributed by atoms with van der Waals surface area (Å²) in [5.41, 5.74) is -0.305. The first kappa shape index (κ1) is 15.0. The highest BCUT2D eigenvalue weighted by molar-refractivity contribution is 7.09. The molecule has 0 fully saturated rings. The lowest BCUT2D eigenvalue weighted by atomic mass is 10.1. The van der Waals surface area contributed by atoms with Crippen molar-refractivity contribution >= 4 is 11.3 Å². The summed E-state index contributed by atoms with van der Waals surface area (Å²) in [5.74, 6) is 0.188. The third-order valence-corrected chi connectivity index (χ3v) is 3.97. The van der Waals surface area contributed by atoms with Gasteiger partial charge in [-0.05, 0) is 11.6 Å². The van der Waals surface area contributed by atoms with Crippen LogP contribution in [0, 0.1) is 0 Å². The summed E-state index contributed by atoms with van der Waals surface area (Å²) in [6, 6.07) is 5.65. The van der Waals surface area contributed by atoms with E-state index >= 15 is 0 Å². The molecule has 1 N–H and O–H groups in total. The Hall–Kier alpha value is -1.40. The Morgan fingerprint density at radius 3 is 2.70 bits per heavy atom. The lowest BCUT2D eigenvalue weighted by Gasteiger charge is -2.14. The van der Waals surface area contributed by atoms with Gasteiger partial charge in [-0.25, -0.2) is 4.98 Å². The minimum Gasteiger partial charge on any atom is -0.312 e. The Morgan fingerprint density at radius 1 is 1.30 bits per heavy atom. The molecule has 2 rings (SSSR count). The average molecular weight is 300 g/mol. The summed E-state index contributed by atoms with van der Waals surface area (Å²) in [6.45, 7) is 2.80. The van der Waals surface area contributed by atoms with Crippen LogP contribution >= 0.6 is 11.3 Å². The zero-order valence-electron chi connectivity index (χ0n) is 10.9. The molecule has 0 spiro atoms. The zero-order valence-corrected chi connectivity index (χ0v) is 11.8. The molecule has 2 nitrogen and oxygen atoms in total. The monoisotopic (exact) mass is 300 g/mol. The molecule has 6 heteroatoms. The number of alkyl halides is 3. The van der Waals surface area contributed by atoms with Gasteiger partial charge >= 0.3 is 6.18 Å². The lowest BCUT2D eigenvalue weighted by molar-refractivity contribution is -0.138. The molecule has 0 amide bonds. The van der Waals surface area contributed by atoms with E-state index in [9.17, 15) is 13.2 Å². The SMILES string of the molecule is CC(CNCc1ccccc1C(F)(F)F)c1nccs1. The van der Waals surface area contributed by atoms with Crippen molar-refractivity contribution in [3.63, 3.8) is 0 Å². The molecule has 0 saturated carbocycles. The number of rotatable bonds is 5. The maximum Gasteiger partial charge on any atom is 0.416 e. The van der Waals surface area contributed by atoms with Crippen LogP contribution in [0.1, 0.15) is 29.0 Å². The topological polar surface area (TPSA) is 24.9 Å². The van der Waals surface area contributed by atoms with Gasteiger partial charge in [-0.1, -0.05) is 25.1 Å². The van der Waals surface area contributed by atoms with E-state index in [1.165, 1.54) is 12.1 Å². The smallest absolute Gasteiger partial charge is 0.312 e. The van der Waals surface area contributed by atoms with Crippen molar-refractivity contribution in [1.82, 2.24) is 10.3 Å². The highest BCUT2D eigenvalue weighted by atomic mass is 32.1. The normalized spacial score (nSPS) is 13.4. The molecule has 20 heavy (non-hydrogen) atoms. The second-order valence-electron chi connectivity index (χ2n) is 4.56. The van der Waals surface area contributed by atoms with Gasteiger partial charge in [0.15, 0.2) is 0 Å². The Balaban J connectivity index is 1.95. The van der Waals surface area contributed by atoms with Crippen LogP contribution in [0.4, 0.5) is 13.2 Å². The fraction of sp³-hybridized carbons (Fsp3) is 0.357. The molecule has 0 bridgehead atoms. The van der Waals surface area contributed by atoms with Crippen molar-refractivity contribution in [2.24, 2.45) is 0 Å². The largest absolute Gasteiger partial charge is 0.416 e. The number of hydrogen-bond acceptors (Lipinski definition) is 3. The maximum atomic E-state index is 12.8. The Morgan fingerprint density at radius 2 is 2.05 bits per heavy atom. The van der Waals surface area contributed by atoms with Gasteiger partial charge in [-0.2, -0.15) is 13.2 Å². The highest BCUT2D eigenvalue weighted by Gasteiger charge is 2.32. The Labute approximate surface area is 119 Å². The number of nitrogens with zero attached hydrogens (tertiary/aromatic N) is 1. The summed E-state index contributed by atoms with van der Waals surface area (Å²) in [6.07, 6.45) is -2.57. The van der Waals surface area contributed by atoms with E-state index in [0.29, 0.717) is 6.54 Å². The molecule has 0 aliphatic heterocycles. The molecular formula is C14H15F3N2S. The van der Waals surface area contributed by atoms with Crippen LogP contribution < -0.4 is 5.32 Å².